The fourth-order valence-corrected chi connectivity index (χ4v) is 4.53. The van der Waals surface area contributed by atoms with Crippen LogP contribution in [0.25, 0.3) is 22.5 Å². The van der Waals surface area contributed by atoms with Crippen molar-refractivity contribution in [1.82, 2.24) is 19.9 Å². The molecular formula is C21H22Cl2N4S2. The maximum Gasteiger partial charge on any atom is 0.166 e. The highest BCUT2D eigenvalue weighted by Gasteiger charge is 2.14. The van der Waals surface area contributed by atoms with Gasteiger partial charge in [-0.25, -0.2) is 9.97 Å². The fourth-order valence-electron chi connectivity index (χ4n) is 2.76. The van der Waals surface area contributed by atoms with Gasteiger partial charge in [-0.2, -0.15) is 0 Å². The molecule has 0 radical (unpaired) electrons. The molecule has 2 aromatic heterocycles. The average Bonchev–Trinajstić information content (AvgIpc) is 3.39. The molecule has 0 aliphatic carbocycles. The summed E-state index contributed by atoms with van der Waals surface area (Å²) in [5.41, 5.74) is 4.38. The number of rotatable bonds is 8. The molecular weight excluding hydrogens is 443 g/mol. The lowest BCUT2D eigenvalue weighted by atomic mass is 10.1. The molecule has 0 atom stereocenters. The number of halogens is 2. The monoisotopic (exact) mass is 464 g/mol. The normalized spacial score (nSPS) is 10.2. The van der Waals surface area contributed by atoms with E-state index in [1.54, 1.807) is 29.7 Å². The van der Waals surface area contributed by atoms with Gasteiger partial charge in [-0.15, -0.1) is 24.8 Å². The molecule has 0 unspecified atom stereocenters. The lowest BCUT2D eigenvalue weighted by molar-refractivity contribution is 1.03. The summed E-state index contributed by atoms with van der Waals surface area (Å²) in [4.78, 5) is 15.8. The lowest BCUT2D eigenvalue weighted by Gasteiger charge is -2.02. The molecule has 2 N–H and O–H groups in total. The molecule has 29 heavy (non-hydrogen) atoms. The molecule has 0 spiro atoms. The van der Waals surface area contributed by atoms with Crippen molar-refractivity contribution in [3.8, 4) is 22.5 Å². The Hall–Kier alpha value is -1.86. The molecule has 0 bridgehead atoms. The summed E-state index contributed by atoms with van der Waals surface area (Å²) in [6.45, 7) is 0. The van der Waals surface area contributed by atoms with Crippen molar-refractivity contribution in [1.29, 1.82) is 0 Å². The van der Waals surface area contributed by atoms with E-state index in [4.69, 9.17) is 4.98 Å². The van der Waals surface area contributed by atoms with Gasteiger partial charge in [0.2, 0.25) is 0 Å². The van der Waals surface area contributed by atoms with E-state index in [1.165, 1.54) is 0 Å². The van der Waals surface area contributed by atoms with Gasteiger partial charge in [-0.1, -0.05) is 84.2 Å². The fraction of sp³-hybridized carbons (Fsp3) is 0.143. The molecule has 0 aliphatic rings. The van der Waals surface area contributed by atoms with Crippen molar-refractivity contribution in [2.75, 3.05) is 11.5 Å². The van der Waals surface area contributed by atoms with Crippen molar-refractivity contribution >= 4 is 48.3 Å². The Morgan fingerprint density at radius 1 is 0.759 bits per heavy atom. The van der Waals surface area contributed by atoms with E-state index >= 15 is 0 Å². The van der Waals surface area contributed by atoms with Crippen molar-refractivity contribution < 1.29 is 0 Å². The van der Waals surface area contributed by atoms with Crippen LogP contribution in [-0.2, 0) is 0 Å². The Bertz CT molecular complexity index is 904. The summed E-state index contributed by atoms with van der Waals surface area (Å²) in [7, 11) is 0. The Balaban J connectivity index is 0.00000150. The number of aromatic nitrogens is 4. The molecule has 0 aliphatic heterocycles. The molecule has 0 saturated carbocycles. The average molecular weight is 465 g/mol. The number of hydrogen-bond acceptors (Lipinski definition) is 4. The van der Waals surface area contributed by atoms with E-state index in [-0.39, 0.29) is 24.8 Å². The number of benzene rings is 2. The first kappa shape index (κ1) is 23.4. The zero-order valence-corrected chi connectivity index (χ0v) is 18.8. The number of nitrogens with one attached hydrogen (secondary N) is 2. The third-order valence-electron chi connectivity index (χ3n) is 4.03. The quantitative estimate of drug-likeness (QED) is 0.228. The zero-order valence-electron chi connectivity index (χ0n) is 15.6. The summed E-state index contributed by atoms with van der Waals surface area (Å²) in [5, 5.41) is 1.95. The van der Waals surface area contributed by atoms with Gasteiger partial charge in [-0.3, -0.25) is 0 Å². The third-order valence-corrected chi connectivity index (χ3v) is 5.98. The van der Waals surface area contributed by atoms with Crippen molar-refractivity contribution in [2.24, 2.45) is 0 Å². The second kappa shape index (κ2) is 12.0. The molecule has 2 aromatic carbocycles. The van der Waals surface area contributed by atoms with Gasteiger partial charge in [0.15, 0.2) is 10.3 Å². The van der Waals surface area contributed by atoms with Crippen LogP contribution in [0, 0.1) is 0 Å². The first-order chi connectivity index (χ1) is 13.4. The van der Waals surface area contributed by atoms with E-state index < -0.39 is 0 Å². The highest BCUT2D eigenvalue weighted by molar-refractivity contribution is 8.00. The number of thioether (sulfide) groups is 2. The summed E-state index contributed by atoms with van der Waals surface area (Å²) in [5.74, 6) is 2.06. The predicted molar refractivity (Wildman–Crippen MR) is 129 cm³/mol. The van der Waals surface area contributed by atoms with E-state index in [0.29, 0.717) is 0 Å². The Morgan fingerprint density at radius 2 is 1.38 bits per heavy atom. The number of H-pyrrole nitrogens is 2. The molecule has 0 fully saturated rings. The lowest BCUT2D eigenvalue weighted by Crippen LogP contribution is -1.86. The molecule has 0 amide bonds. The van der Waals surface area contributed by atoms with Crippen molar-refractivity contribution in [2.45, 2.75) is 16.7 Å². The maximum atomic E-state index is 4.89. The van der Waals surface area contributed by atoms with Crippen LogP contribution >= 0.6 is 48.3 Å². The van der Waals surface area contributed by atoms with E-state index in [1.807, 2.05) is 18.3 Å². The Kier molecular flexibility index (Phi) is 9.67. The number of nitrogens with zero attached hydrogens (tertiary/aromatic N) is 2. The van der Waals surface area contributed by atoms with Crippen LogP contribution in [-0.4, -0.2) is 31.4 Å². The van der Waals surface area contributed by atoms with Crippen LogP contribution in [0.3, 0.4) is 0 Å². The topological polar surface area (TPSA) is 57.4 Å². The van der Waals surface area contributed by atoms with Gasteiger partial charge in [0, 0.05) is 35.0 Å². The minimum absolute atomic E-state index is 0. The number of aromatic amines is 2. The minimum Gasteiger partial charge on any atom is -0.340 e. The highest BCUT2D eigenvalue weighted by atomic mass is 35.5. The second-order valence-corrected chi connectivity index (χ2v) is 8.11. The van der Waals surface area contributed by atoms with Crippen LogP contribution in [0.4, 0.5) is 0 Å². The summed E-state index contributed by atoms with van der Waals surface area (Å²) < 4.78 is 0. The van der Waals surface area contributed by atoms with E-state index in [9.17, 15) is 0 Å². The van der Waals surface area contributed by atoms with Crippen molar-refractivity contribution in [3.05, 3.63) is 73.1 Å². The number of imidazole rings is 2. The van der Waals surface area contributed by atoms with Gasteiger partial charge in [0.1, 0.15) is 0 Å². The predicted octanol–water partition coefficient (Wildman–Crippen LogP) is 6.58. The van der Waals surface area contributed by atoms with Gasteiger partial charge in [0.25, 0.3) is 0 Å². The van der Waals surface area contributed by atoms with Crippen LogP contribution in [0.5, 0.6) is 0 Å². The molecule has 4 nitrogen and oxygen atoms in total. The molecule has 4 rings (SSSR count). The van der Waals surface area contributed by atoms with Crippen LogP contribution in [0.2, 0.25) is 0 Å². The standard InChI is InChI=1S/C21H20N4S2.2ClH/c1-3-8-16(9-4-1)18-19(17-10-5-2-6-11-17)25-21(24-18)27-15-7-14-26-20-22-12-13-23-20;;/h1-6,8-13H,7,14-15H2,(H,22,23)(H,24,25);2*1H. The van der Waals surface area contributed by atoms with Gasteiger partial charge in [0.05, 0.1) is 11.4 Å². The van der Waals surface area contributed by atoms with Crippen LogP contribution in [0.15, 0.2) is 83.4 Å². The van der Waals surface area contributed by atoms with Gasteiger partial charge in [-0.05, 0) is 6.42 Å². The molecule has 4 aromatic rings. The largest absolute Gasteiger partial charge is 0.340 e. The zero-order chi connectivity index (χ0) is 18.3. The third kappa shape index (κ3) is 6.31. The summed E-state index contributed by atoms with van der Waals surface area (Å²) in [6.07, 6.45) is 4.74. The molecule has 8 heteroatoms. The van der Waals surface area contributed by atoms with Crippen molar-refractivity contribution in [3.63, 3.8) is 0 Å². The summed E-state index contributed by atoms with van der Waals surface area (Å²) >= 11 is 3.53. The number of hydrogen-bond donors (Lipinski definition) is 2. The minimum atomic E-state index is 0. The first-order valence-corrected chi connectivity index (χ1v) is 10.8. The van der Waals surface area contributed by atoms with Crippen LogP contribution < -0.4 is 0 Å². The molecule has 152 valence electrons. The Morgan fingerprint density at radius 3 is 2.00 bits per heavy atom. The smallest absolute Gasteiger partial charge is 0.166 e. The van der Waals surface area contributed by atoms with Gasteiger partial charge >= 0.3 is 0 Å². The Labute approximate surface area is 191 Å². The SMILES string of the molecule is Cl.Cl.c1ccc(-c2nc(SCCCSc3ncc[nH]3)[nH]c2-c2ccccc2)cc1. The van der Waals surface area contributed by atoms with Crippen LogP contribution in [0.1, 0.15) is 6.42 Å². The van der Waals surface area contributed by atoms with Gasteiger partial charge < -0.3 is 9.97 Å². The summed E-state index contributed by atoms with van der Waals surface area (Å²) in [6, 6.07) is 20.7. The molecule has 2 heterocycles. The second-order valence-electron chi connectivity index (χ2n) is 5.94. The maximum absolute atomic E-state index is 4.89. The highest BCUT2D eigenvalue weighted by Crippen LogP contribution is 2.32. The van der Waals surface area contributed by atoms with E-state index in [0.717, 1.165) is 50.8 Å². The first-order valence-electron chi connectivity index (χ1n) is 8.86. The van der Waals surface area contributed by atoms with E-state index in [2.05, 4.69) is 63.5 Å². The molecule has 0 saturated heterocycles.